The van der Waals surface area contributed by atoms with E-state index >= 15 is 0 Å². The number of fused-ring (bicyclic) bond motifs is 1. The molecule has 0 saturated heterocycles. The number of benzene rings is 2. The van der Waals surface area contributed by atoms with E-state index in [1.165, 1.54) is 0 Å². The summed E-state index contributed by atoms with van der Waals surface area (Å²) in [5.74, 6) is 1.67. The first-order valence-corrected chi connectivity index (χ1v) is 7.90. The van der Waals surface area contributed by atoms with Gasteiger partial charge in [0, 0.05) is 0 Å². The minimum Gasteiger partial charge on any atom is -0.497 e. The Kier molecular flexibility index (Phi) is 4.51. The number of hydrogen-bond acceptors (Lipinski definition) is 3. The van der Waals surface area contributed by atoms with Crippen LogP contribution in [0.15, 0.2) is 48.5 Å². The zero-order chi connectivity index (χ0) is 16.2. The molecule has 1 unspecified atom stereocenters. The SMILES string of the molecule is CCC1CN(C(=O)Cc2ccc(OC)cc2)c2ccccc2O1. The number of carbonyl (C=O) groups is 1. The number of carbonyl (C=O) groups excluding carboxylic acids is 1. The summed E-state index contributed by atoms with van der Waals surface area (Å²) in [5, 5.41) is 0. The topological polar surface area (TPSA) is 38.8 Å². The fourth-order valence-corrected chi connectivity index (χ4v) is 2.76. The fraction of sp³-hybridized carbons (Fsp3) is 0.316. The molecule has 1 aliphatic heterocycles. The van der Waals surface area contributed by atoms with Crippen LogP contribution >= 0.6 is 0 Å². The summed E-state index contributed by atoms with van der Waals surface area (Å²) >= 11 is 0. The number of hydrogen-bond donors (Lipinski definition) is 0. The number of anilines is 1. The number of para-hydroxylation sites is 2. The molecule has 2 aromatic rings. The Bertz CT molecular complexity index is 681. The van der Waals surface area contributed by atoms with Crippen molar-refractivity contribution in [2.75, 3.05) is 18.6 Å². The molecule has 0 saturated carbocycles. The normalized spacial score (nSPS) is 16.4. The molecule has 0 aliphatic carbocycles. The maximum absolute atomic E-state index is 12.8. The molecule has 2 aromatic carbocycles. The first-order chi connectivity index (χ1) is 11.2. The minimum atomic E-state index is 0.0460. The van der Waals surface area contributed by atoms with Gasteiger partial charge in [0.15, 0.2) is 0 Å². The Balaban J connectivity index is 1.80. The lowest BCUT2D eigenvalue weighted by molar-refractivity contribution is -0.118. The molecule has 0 radical (unpaired) electrons. The zero-order valence-electron chi connectivity index (χ0n) is 13.5. The highest BCUT2D eigenvalue weighted by Gasteiger charge is 2.28. The van der Waals surface area contributed by atoms with Crippen LogP contribution in [-0.2, 0) is 11.2 Å². The molecule has 0 bridgehead atoms. The molecule has 4 nitrogen and oxygen atoms in total. The van der Waals surface area contributed by atoms with Crippen LogP contribution in [0.4, 0.5) is 5.69 Å². The fourth-order valence-electron chi connectivity index (χ4n) is 2.76. The van der Waals surface area contributed by atoms with Crippen molar-refractivity contribution < 1.29 is 14.3 Å². The molecule has 3 rings (SSSR count). The van der Waals surface area contributed by atoms with Gasteiger partial charge in [-0.05, 0) is 36.2 Å². The predicted molar refractivity (Wildman–Crippen MR) is 90.2 cm³/mol. The third-order valence-electron chi connectivity index (χ3n) is 4.11. The van der Waals surface area contributed by atoms with Crippen molar-refractivity contribution in [1.29, 1.82) is 0 Å². The Labute approximate surface area is 136 Å². The summed E-state index contributed by atoms with van der Waals surface area (Å²) in [6.45, 7) is 2.67. The summed E-state index contributed by atoms with van der Waals surface area (Å²) in [7, 11) is 1.63. The Morgan fingerprint density at radius 1 is 1.22 bits per heavy atom. The second-order valence-electron chi connectivity index (χ2n) is 5.65. The van der Waals surface area contributed by atoms with E-state index in [0.717, 1.165) is 29.2 Å². The van der Waals surface area contributed by atoms with Crippen LogP contribution in [0.2, 0.25) is 0 Å². The van der Waals surface area contributed by atoms with Gasteiger partial charge in [0.2, 0.25) is 5.91 Å². The minimum absolute atomic E-state index is 0.0460. The summed E-state index contributed by atoms with van der Waals surface area (Å²) < 4.78 is 11.1. The van der Waals surface area contributed by atoms with E-state index in [1.54, 1.807) is 7.11 Å². The summed E-state index contributed by atoms with van der Waals surface area (Å²) in [6.07, 6.45) is 1.29. The van der Waals surface area contributed by atoms with Crippen molar-refractivity contribution in [3.8, 4) is 11.5 Å². The van der Waals surface area contributed by atoms with E-state index in [0.29, 0.717) is 13.0 Å². The van der Waals surface area contributed by atoms with E-state index in [9.17, 15) is 4.79 Å². The molecule has 0 fully saturated rings. The van der Waals surface area contributed by atoms with Gasteiger partial charge in [-0.2, -0.15) is 0 Å². The highest BCUT2D eigenvalue weighted by molar-refractivity contribution is 5.96. The number of ether oxygens (including phenoxy) is 2. The van der Waals surface area contributed by atoms with Crippen molar-refractivity contribution in [3.63, 3.8) is 0 Å². The van der Waals surface area contributed by atoms with Gasteiger partial charge in [-0.15, -0.1) is 0 Å². The van der Waals surface area contributed by atoms with Gasteiger partial charge in [0.1, 0.15) is 17.6 Å². The van der Waals surface area contributed by atoms with Crippen LogP contribution in [0.5, 0.6) is 11.5 Å². The van der Waals surface area contributed by atoms with E-state index in [2.05, 4.69) is 6.92 Å². The third kappa shape index (κ3) is 3.31. The van der Waals surface area contributed by atoms with Gasteiger partial charge in [-0.1, -0.05) is 31.2 Å². The van der Waals surface area contributed by atoms with E-state index in [4.69, 9.17) is 9.47 Å². The maximum Gasteiger partial charge on any atom is 0.231 e. The first kappa shape index (κ1) is 15.4. The molecule has 0 spiro atoms. The number of amides is 1. The molecule has 1 amide bonds. The summed E-state index contributed by atoms with van der Waals surface area (Å²) in [5.41, 5.74) is 1.84. The monoisotopic (exact) mass is 311 g/mol. The summed E-state index contributed by atoms with van der Waals surface area (Å²) in [4.78, 5) is 14.6. The smallest absolute Gasteiger partial charge is 0.231 e. The van der Waals surface area contributed by atoms with Crippen LogP contribution in [0, 0.1) is 0 Å². The standard InChI is InChI=1S/C19H21NO3/c1-3-15-13-20(17-6-4-5-7-18(17)23-15)19(21)12-14-8-10-16(22-2)11-9-14/h4-11,15H,3,12-13H2,1-2H3. The molecule has 0 N–H and O–H groups in total. The quantitative estimate of drug-likeness (QED) is 0.868. The van der Waals surface area contributed by atoms with Gasteiger partial charge in [-0.3, -0.25) is 4.79 Å². The van der Waals surface area contributed by atoms with Gasteiger partial charge in [0.05, 0.1) is 25.8 Å². The van der Waals surface area contributed by atoms with Crippen molar-refractivity contribution in [2.45, 2.75) is 25.9 Å². The van der Waals surface area contributed by atoms with E-state index < -0.39 is 0 Å². The third-order valence-corrected chi connectivity index (χ3v) is 4.11. The summed E-state index contributed by atoms with van der Waals surface area (Å²) in [6, 6.07) is 15.3. The van der Waals surface area contributed by atoms with Gasteiger partial charge >= 0.3 is 0 Å². The first-order valence-electron chi connectivity index (χ1n) is 7.90. The number of methoxy groups -OCH3 is 1. The van der Waals surface area contributed by atoms with Crippen molar-refractivity contribution in [3.05, 3.63) is 54.1 Å². The Hall–Kier alpha value is -2.49. The van der Waals surface area contributed by atoms with Crippen molar-refractivity contribution >= 4 is 11.6 Å². The molecule has 1 aliphatic rings. The lowest BCUT2D eigenvalue weighted by Crippen LogP contribution is -2.44. The highest BCUT2D eigenvalue weighted by atomic mass is 16.5. The van der Waals surface area contributed by atoms with Crippen LogP contribution < -0.4 is 14.4 Å². The number of nitrogens with zero attached hydrogens (tertiary/aromatic N) is 1. The maximum atomic E-state index is 12.8. The van der Waals surface area contributed by atoms with Gasteiger partial charge in [0.25, 0.3) is 0 Å². The van der Waals surface area contributed by atoms with E-state index in [-0.39, 0.29) is 12.0 Å². The molecular weight excluding hydrogens is 290 g/mol. The predicted octanol–water partition coefficient (Wildman–Crippen LogP) is 3.44. The lowest BCUT2D eigenvalue weighted by atomic mass is 10.1. The molecule has 0 aromatic heterocycles. The molecule has 4 heteroatoms. The molecule has 1 heterocycles. The Morgan fingerprint density at radius 2 is 1.96 bits per heavy atom. The van der Waals surface area contributed by atoms with Gasteiger partial charge in [-0.25, -0.2) is 0 Å². The zero-order valence-corrected chi connectivity index (χ0v) is 13.5. The average Bonchev–Trinajstić information content (AvgIpc) is 2.61. The van der Waals surface area contributed by atoms with Crippen molar-refractivity contribution in [2.24, 2.45) is 0 Å². The van der Waals surface area contributed by atoms with Crippen LogP contribution in [0.3, 0.4) is 0 Å². The largest absolute Gasteiger partial charge is 0.497 e. The van der Waals surface area contributed by atoms with Crippen molar-refractivity contribution in [1.82, 2.24) is 0 Å². The Morgan fingerprint density at radius 3 is 2.65 bits per heavy atom. The van der Waals surface area contributed by atoms with Crippen LogP contribution in [0.25, 0.3) is 0 Å². The van der Waals surface area contributed by atoms with E-state index in [1.807, 2.05) is 53.4 Å². The van der Waals surface area contributed by atoms with Crippen LogP contribution in [0.1, 0.15) is 18.9 Å². The average molecular weight is 311 g/mol. The second-order valence-corrected chi connectivity index (χ2v) is 5.65. The molecule has 23 heavy (non-hydrogen) atoms. The lowest BCUT2D eigenvalue weighted by Gasteiger charge is -2.34. The highest BCUT2D eigenvalue weighted by Crippen LogP contribution is 2.34. The number of rotatable bonds is 4. The second kappa shape index (κ2) is 6.73. The van der Waals surface area contributed by atoms with Gasteiger partial charge < -0.3 is 14.4 Å². The van der Waals surface area contributed by atoms with Crippen LogP contribution in [-0.4, -0.2) is 25.7 Å². The molecule has 120 valence electrons. The molecule has 1 atom stereocenters. The molecular formula is C19H21NO3.